The number of hydrogen-bond acceptors (Lipinski definition) is 4. The normalized spacial score (nSPS) is 14.4. The summed E-state index contributed by atoms with van der Waals surface area (Å²) in [4.78, 5) is 26.9. The molecule has 0 radical (unpaired) electrons. The molecule has 0 unspecified atom stereocenters. The van der Waals surface area contributed by atoms with Crippen molar-refractivity contribution in [2.45, 2.75) is 52.3 Å². The van der Waals surface area contributed by atoms with E-state index in [0.717, 1.165) is 25.2 Å². The van der Waals surface area contributed by atoms with Crippen LogP contribution in [0, 0.1) is 0 Å². The van der Waals surface area contributed by atoms with Crippen LogP contribution in [0.2, 0.25) is 0 Å². The van der Waals surface area contributed by atoms with Crippen LogP contribution in [-0.4, -0.2) is 35.6 Å². The van der Waals surface area contributed by atoms with Gasteiger partial charge in [-0.15, -0.1) is 0 Å². The van der Waals surface area contributed by atoms with Gasteiger partial charge in [0.1, 0.15) is 5.60 Å². The summed E-state index contributed by atoms with van der Waals surface area (Å²) in [7, 11) is 0. The van der Waals surface area contributed by atoms with Gasteiger partial charge in [0, 0.05) is 24.3 Å². The summed E-state index contributed by atoms with van der Waals surface area (Å²) in [5.41, 5.74) is 2.96. The molecular formula is C24H31N3O3. The molecule has 3 rings (SSSR count). The van der Waals surface area contributed by atoms with E-state index in [9.17, 15) is 9.59 Å². The fourth-order valence-electron chi connectivity index (χ4n) is 3.47. The van der Waals surface area contributed by atoms with Crippen molar-refractivity contribution in [1.82, 2.24) is 10.2 Å². The highest BCUT2D eigenvalue weighted by Gasteiger charge is 2.17. The first kappa shape index (κ1) is 21.8. The molecule has 2 aromatic rings. The van der Waals surface area contributed by atoms with Crippen LogP contribution in [0.15, 0.2) is 48.5 Å². The Morgan fingerprint density at radius 2 is 1.60 bits per heavy atom. The summed E-state index contributed by atoms with van der Waals surface area (Å²) in [6.07, 6.45) is 2.00. The van der Waals surface area contributed by atoms with Gasteiger partial charge in [0.15, 0.2) is 0 Å². The Morgan fingerprint density at radius 1 is 0.967 bits per heavy atom. The first-order valence-electron chi connectivity index (χ1n) is 10.5. The van der Waals surface area contributed by atoms with Gasteiger partial charge >= 0.3 is 6.09 Å². The fraction of sp³-hybridized carbons (Fsp3) is 0.417. The van der Waals surface area contributed by atoms with E-state index in [4.69, 9.17) is 4.74 Å². The van der Waals surface area contributed by atoms with Gasteiger partial charge in [0.25, 0.3) is 5.91 Å². The molecule has 1 heterocycles. The zero-order chi connectivity index (χ0) is 21.6. The first-order valence-corrected chi connectivity index (χ1v) is 10.5. The average molecular weight is 410 g/mol. The smallest absolute Gasteiger partial charge is 0.412 e. The maximum atomic E-state index is 12.6. The average Bonchev–Trinajstić information content (AvgIpc) is 3.19. The molecule has 0 bridgehead atoms. The van der Waals surface area contributed by atoms with Crippen LogP contribution in [0.3, 0.4) is 0 Å². The molecule has 2 aromatic carbocycles. The monoisotopic (exact) mass is 409 g/mol. The van der Waals surface area contributed by atoms with Gasteiger partial charge in [0.05, 0.1) is 0 Å². The van der Waals surface area contributed by atoms with Crippen LogP contribution in [0.25, 0.3) is 0 Å². The maximum absolute atomic E-state index is 12.6. The van der Waals surface area contributed by atoms with Crippen molar-refractivity contribution in [3.8, 4) is 0 Å². The number of nitrogens with zero attached hydrogens (tertiary/aromatic N) is 1. The molecule has 0 saturated carbocycles. The molecule has 2 amide bonds. The molecule has 0 aromatic heterocycles. The van der Waals surface area contributed by atoms with Crippen molar-refractivity contribution in [1.29, 1.82) is 0 Å². The van der Waals surface area contributed by atoms with E-state index in [1.54, 1.807) is 24.3 Å². The Kier molecular flexibility index (Phi) is 7.11. The van der Waals surface area contributed by atoms with Crippen molar-refractivity contribution < 1.29 is 14.3 Å². The van der Waals surface area contributed by atoms with E-state index in [2.05, 4.69) is 27.7 Å². The van der Waals surface area contributed by atoms with Gasteiger partial charge in [-0.2, -0.15) is 0 Å². The van der Waals surface area contributed by atoms with Crippen molar-refractivity contribution >= 4 is 17.7 Å². The van der Waals surface area contributed by atoms with E-state index in [1.807, 2.05) is 32.9 Å². The first-order chi connectivity index (χ1) is 14.3. The maximum Gasteiger partial charge on any atom is 0.412 e. The van der Waals surface area contributed by atoms with Crippen molar-refractivity contribution in [3.05, 3.63) is 65.2 Å². The number of likely N-dealkylation sites (tertiary alicyclic amines) is 1. The predicted molar refractivity (Wildman–Crippen MR) is 118 cm³/mol. The lowest BCUT2D eigenvalue weighted by atomic mass is 10.1. The fourth-order valence-corrected chi connectivity index (χ4v) is 3.47. The second-order valence-electron chi connectivity index (χ2n) is 8.64. The third-order valence-corrected chi connectivity index (χ3v) is 4.94. The largest absolute Gasteiger partial charge is 0.444 e. The number of nitrogens with one attached hydrogen (secondary N) is 2. The Balaban J connectivity index is 1.55. The number of ether oxygens (including phenoxy) is 1. The molecule has 0 atom stereocenters. The minimum Gasteiger partial charge on any atom is -0.444 e. The van der Waals surface area contributed by atoms with E-state index in [1.165, 1.54) is 18.4 Å². The van der Waals surface area contributed by atoms with Crippen LogP contribution < -0.4 is 10.6 Å². The van der Waals surface area contributed by atoms with Crippen LogP contribution in [0.5, 0.6) is 0 Å². The third kappa shape index (κ3) is 6.59. The summed E-state index contributed by atoms with van der Waals surface area (Å²) >= 11 is 0. The van der Waals surface area contributed by atoms with Gasteiger partial charge in [-0.25, -0.2) is 4.79 Å². The van der Waals surface area contributed by atoms with Gasteiger partial charge < -0.3 is 10.1 Å². The van der Waals surface area contributed by atoms with Gasteiger partial charge in [0.2, 0.25) is 0 Å². The highest BCUT2D eigenvalue weighted by atomic mass is 16.6. The standard InChI is InChI=1S/C24H31N3O3/c1-24(2,3)30-23(29)26-21-12-10-18(11-13-21)22(28)25-16-19-8-4-5-9-20(19)17-27-14-6-7-15-27/h4-5,8-13H,6-7,14-17H2,1-3H3,(H,25,28)(H,26,29). The molecule has 0 aliphatic carbocycles. The molecule has 1 aliphatic rings. The molecule has 6 heteroatoms. The molecule has 2 N–H and O–H groups in total. The Hall–Kier alpha value is -2.86. The molecule has 30 heavy (non-hydrogen) atoms. The van der Waals surface area contributed by atoms with Gasteiger partial charge in [-0.05, 0) is 82.1 Å². The van der Waals surface area contributed by atoms with E-state index >= 15 is 0 Å². The lowest BCUT2D eigenvalue weighted by molar-refractivity contribution is 0.0635. The summed E-state index contributed by atoms with van der Waals surface area (Å²) < 4.78 is 5.23. The molecule has 1 saturated heterocycles. The summed E-state index contributed by atoms with van der Waals surface area (Å²) in [5.74, 6) is -0.144. The molecule has 6 nitrogen and oxygen atoms in total. The van der Waals surface area contributed by atoms with Crippen LogP contribution in [-0.2, 0) is 17.8 Å². The number of benzene rings is 2. The van der Waals surface area contributed by atoms with Crippen LogP contribution >= 0.6 is 0 Å². The van der Waals surface area contributed by atoms with E-state index < -0.39 is 11.7 Å². The Morgan fingerprint density at radius 3 is 2.23 bits per heavy atom. The van der Waals surface area contributed by atoms with Crippen molar-refractivity contribution in [3.63, 3.8) is 0 Å². The second kappa shape index (κ2) is 9.76. The topological polar surface area (TPSA) is 70.7 Å². The van der Waals surface area contributed by atoms with Crippen molar-refractivity contribution in [2.75, 3.05) is 18.4 Å². The van der Waals surface area contributed by atoms with Crippen LogP contribution in [0.4, 0.5) is 10.5 Å². The third-order valence-electron chi connectivity index (χ3n) is 4.94. The second-order valence-corrected chi connectivity index (χ2v) is 8.64. The molecule has 1 aliphatic heterocycles. The van der Waals surface area contributed by atoms with E-state index in [0.29, 0.717) is 17.8 Å². The number of hydrogen-bond donors (Lipinski definition) is 2. The number of rotatable bonds is 6. The molecular weight excluding hydrogens is 378 g/mol. The molecule has 0 spiro atoms. The Labute approximate surface area is 178 Å². The molecule has 1 fully saturated rings. The number of amides is 2. The minimum absolute atomic E-state index is 0.144. The summed E-state index contributed by atoms with van der Waals surface area (Å²) in [5, 5.41) is 5.67. The van der Waals surface area contributed by atoms with Crippen LogP contribution in [0.1, 0.15) is 55.1 Å². The highest BCUT2D eigenvalue weighted by molar-refractivity contribution is 5.95. The number of anilines is 1. The lowest BCUT2D eigenvalue weighted by Gasteiger charge is -2.19. The zero-order valence-electron chi connectivity index (χ0n) is 18.0. The summed E-state index contributed by atoms with van der Waals surface area (Å²) in [6, 6.07) is 15.0. The molecule has 160 valence electrons. The SMILES string of the molecule is CC(C)(C)OC(=O)Nc1ccc(C(=O)NCc2ccccc2CN2CCCC2)cc1. The predicted octanol–water partition coefficient (Wildman–Crippen LogP) is 4.56. The quantitative estimate of drug-likeness (QED) is 0.734. The Bertz CT molecular complexity index is 866. The van der Waals surface area contributed by atoms with Crippen molar-refractivity contribution in [2.24, 2.45) is 0 Å². The van der Waals surface area contributed by atoms with Gasteiger partial charge in [-0.3, -0.25) is 15.0 Å². The summed E-state index contributed by atoms with van der Waals surface area (Å²) in [6.45, 7) is 9.13. The zero-order valence-corrected chi connectivity index (χ0v) is 18.0. The van der Waals surface area contributed by atoms with E-state index in [-0.39, 0.29) is 5.91 Å². The number of carbonyl (C=O) groups is 2. The van der Waals surface area contributed by atoms with Gasteiger partial charge in [-0.1, -0.05) is 24.3 Å². The lowest BCUT2D eigenvalue weighted by Crippen LogP contribution is -2.27. The highest BCUT2D eigenvalue weighted by Crippen LogP contribution is 2.17. The number of carbonyl (C=O) groups excluding carboxylic acids is 2. The minimum atomic E-state index is -0.561.